The second kappa shape index (κ2) is 2.48. The van der Waals surface area contributed by atoms with Crippen molar-refractivity contribution in [2.75, 3.05) is 26.2 Å². The Morgan fingerprint density at radius 3 is 3.09 bits per heavy atom. The number of rotatable bonds is 1. The largest absolute Gasteiger partial charge is 0.465 e. The van der Waals surface area contributed by atoms with Crippen LogP contribution >= 0.6 is 0 Å². The number of likely N-dealkylation sites (tertiary alicyclic amines) is 1. The Kier molecular flexibility index (Phi) is 1.60. The highest BCUT2D eigenvalue weighted by atomic mass is 16.5. The molecule has 0 saturated carbocycles. The maximum absolute atomic E-state index is 11.1. The Labute approximate surface area is 66.3 Å². The van der Waals surface area contributed by atoms with Crippen molar-refractivity contribution in [1.29, 1.82) is 0 Å². The predicted octanol–water partition coefficient (Wildman–Crippen LogP) is 0.111. The second-order valence-electron chi connectivity index (χ2n) is 3.35. The van der Waals surface area contributed by atoms with Crippen molar-refractivity contribution >= 4 is 5.97 Å². The molecule has 0 N–H and O–H groups in total. The van der Waals surface area contributed by atoms with Gasteiger partial charge in [-0.05, 0) is 6.54 Å². The Hall–Kier alpha value is -0.570. The van der Waals surface area contributed by atoms with Crippen LogP contribution in [0.5, 0.6) is 0 Å². The van der Waals surface area contributed by atoms with Crippen LogP contribution in [0.1, 0.15) is 6.92 Å². The van der Waals surface area contributed by atoms with Crippen LogP contribution in [0, 0.1) is 11.8 Å². The van der Waals surface area contributed by atoms with Crippen LogP contribution in [0.4, 0.5) is 0 Å². The summed E-state index contributed by atoms with van der Waals surface area (Å²) in [6.45, 7) is 5.81. The van der Waals surface area contributed by atoms with Crippen LogP contribution in [0.2, 0.25) is 0 Å². The molecule has 2 atom stereocenters. The summed E-state index contributed by atoms with van der Waals surface area (Å²) < 4.78 is 4.95. The third-order valence-corrected chi connectivity index (χ3v) is 2.71. The summed E-state index contributed by atoms with van der Waals surface area (Å²) in [5, 5.41) is 0. The standard InChI is InChI=1S/C8H13NO2/c1-2-9-3-6-5-11-8(10)7(6)4-9/h6-7H,2-5H2,1H3. The lowest BCUT2D eigenvalue weighted by atomic mass is 10.0. The smallest absolute Gasteiger partial charge is 0.310 e. The summed E-state index contributed by atoms with van der Waals surface area (Å²) in [7, 11) is 0. The molecule has 2 aliphatic heterocycles. The number of esters is 1. The van der Waals surface area contributed by atoms with E-state index in [2.05, 4.69) is 11.8 Å². The van der Waals surface area contributed by atoms with Crippen LogP contribution in [0.25, 0.3) is 0 Å². The first kappa shape index (κ1) is 7.10. The van der Waals surface area contributed by atoms with E-state index in [1.807, 2.05) is 0 Å². The maximum Gasteiger partial charge on any atom is 0.310 e. The molecule has 0 spiro atoms. The molecule has 11 heavy (non-hydrogen) atoms. The molecule has 0 bridgehead atoms. The molecule has 62 valence electrons. The maximum atomic E-state index is 11.1. The van der Waals surface area contributed by atoms with Gasteiger partial charge < -0.3 is 9.64 Å². The first-order valence-electron chi connectivity index (χ1n) is 4.20. The fraction of sp³-hybridized carbons (Fsp3) is 0.875. The lowest BCUT2D eigenvalue weighted by Crippen LogP contribution is -2.23. The molecule has 2 heterocycles. The van der Waals surface area contributed by atoms with Crippen molar-refractivity contribution in [3.05, 3.63) is 0 Å². The van der Waals surface area contributed by atoms with Gasteiger partial charge in [-0.15, -0.1) is 0 Å². The molecular weight excluding hydrogens is 142 g/mol. The molecule has 3 heteroatoms. The molecule has 3 nitrogen and oxygen atoms in total. The molecular formula is C8H13NO2. The van der Waals surface area contributed by atoms with Crippen molar-refractivity contribution < 1.29 is 9.53 Å². The van der Waals surface area contributed by atoms with Crippen LogP contribution in [0.15, 0.2) is 0 Å². The lowest BCUT2D eigenvalue weighted by molar-refractivity contribution is -0.141. The SMILES string of the molecule is CCN1CC2COC(=O)C2C1. The van der Waals surface area contributed by atoms with Gasteiger partial charge in [0.05, 0.1) is 12.5 Å². The van der Waals surface area contributed by atoms with Gasteiger partial charge in [0.2, 0.25) is 0 Å². The van der Waals surface area contributed by atoms with E-state index in [0.29, 0.717) is 12.5 Å². The summed E-state index contributed by atoms with van der Waals surface area (Å²) in [6, 6.07) is 0. The molecule has 2 aliphatic rings. The Bertz CT molecular complexity index is 181. The molecule has 0 radical (unpaired) electrons. The minimum atomic E-state index is 0.0194. The molecule has 0 aromatic carbocycles. The zero-order valence-electron chi connectivity index (χ0n) is 6.75. The third kappa shape index (κ3) is 1.03. The number of hydrogen-bond acceptors (Lipinski definition) is 3. The second-order valence-corrected chi connectivity index (χ2v) is 3.35. The highest BCUT2D eigenvalue weighted by Gasteiger charge is 2.43. The van der Waals surface area contributed by atoms with E-state index >= 15 is 0 Å². The number of nitrogens with zero attached hydrogens (tertiary/aromatic N) is 1. The van der Waals surface area contributed by atoms with Gasteiger partial charge >= 0.3 is 5.97 Å². The molecule has 0 aliphatic carbocycles. The van der Waals surface area contributed by atoms with Crippen molar-refractivity contribution in [3.63, 3.8) is 0 Å². The fourth-order valence-electron chi connectivity index (χ4n) is 1.95. The van der Waals surface area contributed by atoms with Gasteiger partial charge in [0, 0.05) is 19.0 Å². The van der Waals surface area contributed by atoms with Gasteiger partial charge in [-0.3, -0.25) is 4.79 Å². The number of ether oxygens (including phenoxy) is 1. The summed E-state index contributed by atoms with van der Waals surface area (Å²) in [4.78, 5) is 13.4. The quantitative estimate of drug-likeness (QED) is 0.503. The van der Waals surface area contributed by atoms with E-state index in [1.165, 1.54) is 0 Å². The molecule has 2 saturated heterocycles. The Balaban J connectivity index is 2.04. The number of hydrogen-bond donors (Lipinski definition) is 0. The van der Waals surface area contributed by atoms with Gasteiger partial charge in [-0.25, -0.2) is 0 Å². The minimum Gasteiger partial charge on any atom is -0.465 e. The van der Waals surface area contributed by atoms with E-state index in [1.54, 1.807) is 0 Å². The number of carbonyl (C=O) groups excluding carboxylic acids is 1. The van der Waals surface area contributed by atoms with Gasteiger partial charge in [0.25, 0.3) is 0 Å². The molecule has 0 aromatic heterocycles. The normalized spacial score (nSPS) is 37.4. The van der Waals surface area contributed by atoms with Gasteiger partial charge in [-0.2, -0.15) is 0 Å². The van der Waals surface area contributed by atoms with E-state index in [4.69, 9.17) is 4.74 Å². The molecule has 2 rings (SSSR count). The zero-order chi connectivity index (χ0) is 7.84. The Morgan fingerprint density at radius 2 is 2.45 bits per heavy atom. The van der Waals surface area contributed by atoms with Crippen LogP contribution in [-0.4, -0.2) is 37.1 Å². The summed E-state index contributed by atoms with van der Waals surface area (Å²) >= 11 is 0. The number of carbonyl (C=O) groups is 1. The first-order valence-corrected chi connectivity index (χ1v) is 4.20. The van der Waals surface area contributed by atoms with Crippen LogP contribution in [-0.2, 0) is 9.53 Å². The van der Waals surface area contributed by atoms with E-state index < -0.39 is 0 Å². The zero-order valence-corrected chi connectivity index (χ0v) is 6.75. The third-order valence-electron chi connectivity index (χ3n) is 2.71. The van der Waals surface area contributed by atoms with Crippen molar-refractivity contribution in [3.8, 4) is 0 Å². The minimum absolute atomic E-state index is 0.0194. The lowest BCUT2D eigenvalue weighted by Gasteiger charge is -2.12. The van der Waals surface area contributed by atoms with E-state index in [-0.39, 0.29) is 11.9 Å². The monoisotopic (exact) mass is 155 g/mol. The van der Waals surface area contributed by atoms with Crippen LogP contribution < -0.4 is 0 Å². The van der Waals surface area contributed by atoms with Gasteiger partial charge in [-0.1, -0.05) is 6.92 Å². The number of cyclic esters (lactones) is 1. The summed E-state index contributed by atoms with van der Waals surface area (Å²) in [6.07, 6.45) is 0. The fourth-order valence-corrected chi connectivity index (χ4v) is 1.95. The van der Waals surface area contributed by atoms with Crippen molar-refractivity contribution in [2.24, 2.45) is 11.8 Å². The molecule has 2 fully saturated rings. The molecule has 2 unspecified atom stereocenters. The van der Waals surface area contributed by atoms with E-state index in [9.17, 15) is 4.79 Å². The highest BCUT2D eigenvalue weighted by Crippen LogP contribution is 2.29. The van der Waals surface area contributed by atoms with Gasteiger partial charge in [0.1, 0.15) is 0 Å². The van der Waals surface area contributed by atoms with Crippen molar-refractivity contribution in [1.82, 2.24) is 4.90 Å². The first-order chi connectivity index (χ1) is 5.31. The summed E-state index contributed by atoms with van der Waals surface area (Å²) in [5.74, 6) is 0.698. The topological polar surface area (TPSA) is 29.5 Å². The average molecular weight is 155 g/mol. The highest BCUT2D eigenvalue weighted by molar-refractivity contribution is 5.75. The molecule has 0 aromatic rings. The van der Waals surface area contributed by atoms with Gasteiger partial charge in [0.15, 0.2) is 0 Å². The summed E-state index contributed by atoms with van der Waals surface area (Å²) in [5.41, 5.74) is 0. The van der Waals surface area contributed by atoms with Crippen LogP contribution in [0.3, 0.4) is 0 Å². The van der Waals surface area contributed by atoms with E-state index in [0.717, 1.165) is 19.6 Å². The molecule has 0 amide bonds. The average Bonchev–Trinajstić information content (AvgIpc) is 2.53. The predicted molar refractivity (Wildman–Crippen MR) is 40.1 cm³/mol. The number of fused-ring (bicyclic) bond motifs is 1. The van der Waals surface area contributed by atoms with Crippen molar-refractivity contribution in [2.45, 2.75) is 6.92 Å². The Morgan fingerprint density at radius 1 is 1.64 bits per heavy atom.